The van der Waals surface area contributed by atoms with Gasteiger partial charge >= 0.3 is 0 Å². The molecular weight excluding hydrogens is 212 g/mol. The van der Waals surface area contributed by atoms with Crippen molar-refractivity contribution in [3.8, 4) is 0 Å². The average Bonchev–Trinajstić information content (AvgIpc) is 2.94. The van der Waals surface area contributed by atoms with Gasteiger partial charge in [-0.25, -0.2) is 0 Å². The van der Waals surface area contributed by atoms with Crippen molar-refractivity contribution in [2.45, 2.75) is 32.1 Å². The first-order chi connectivity index (χ1) is 7.10. The van der Waals surface area contributed by atoms with Gasteiger partial charge in [-0.2, -0.15) is 17.0 Å². The molecule has 0 aromatic heterocycles. The Balaban J connectivity index is 1.78. The van der Waals surface area contributed by atoms with E-state index in [1.165, 1.54) is 34.3 Å². The Kier molecular flexibility index (Phi) is 3.33. The van der Waals surface area contributed by atoms with Crippen LogP contribution in [0.5, 0.6) is 0 Å². The monoisotopic (exact) mass is 232 g/mol. The van der Waals surface area contributed by atoms with Gasteiger partial charge in [0.25, 0.3) is 10.2 Å². The van der Waals surface area contributed by atoms with Crippen LogP contribution in [-0.4, -0.2) is 43.7 Å². The summed E-state index contributed by atoms with van der Waals surface area (Å²) in [5, 5.41) is 0. The highest BCUT2D eigenvalue weighted by Gasteiger charge is 2.35. The molecule has 1 saturated heterocycles. The van der Waals surface area contributed by atoms with E-state index in [1.54, 1.807) is 7.05 Å². The van der Waals surface area contributed by atoms with E-state index in [2.05, 4.69) is 0 Å². The van der Waals surface area contributed by atoms with Crippen molar-refractivity contribution < 1.29 is 8.42 Å². The van der Waals surface area contributed by atoms with E-state index in [0.29, 0.717) is 19.6 Å². The van der Waals surface area contributed by atoms with Crippen molar-refractivity contribution in [3.05, 3.63) is 0 Å². The highest BCUT2D eigenvalue weighted by atomic mass is 32.2. The molecule has 0 bridgehead atoms. The Morgan fingerprint density at radius 2 is 1.87 bits per heavy atom. The van der Waals surface area contributed by atoms with Crippen LogP contribution in [-0.2, 0) is 10.2 Å². The maximum Gasteiger partial charge on any atom is 0.281 e. The van der Waals surface area contributed by atoms with Gasteiger partial charge in [0.05, 0.1) is 0 Å². The Morgan fingerprint density at radius 1 is 1.27 bits per heavy atom. The van der Waals surface area contributed by atoms with Gasteiger partial charge in [0, 0.05) is 26.7 Å². The van der Waals surface area contributed by atoms with Crippen molar-refractivity contribution in [3.63, 3.8) is 0 Å². The summed E-state index contributed by atoms with van der Waals surface area (Å²) in [6.07, 6.45) is 6.26. The van der Waals surface area contributed by atoms with E-state index < -0.39 is 10.2 Å². The van der Waals surface area contributed by atoms with Crippen LogP contribution in [0.2, 0.25) is 0 Å². The molecule has 2 fully saturated rings. The third kappa shape index (κ3) is 2.71. The molecule has 2 aliphatic rings. The van der Waals surface area contributed by atoms with E-state index in [4.69, 9.17) is 0 Å². The standard InChI is InChI=1S/C10H20N2O2S/c1-11(15(13,14)12-8-9-12)7-6-10-4-2-3-5-10/h10H,2-9H2,1H3. The lowest BCUT2D eigenvalue weighted by molar-refractivity contribution is 0.391. The summed E-state index contributed by atoms with van der Waals surface area (Å²) in [6.45, 7) is 2.09. The Bertz CT molecular complexity index is 305. The number of rotatable bonds is 5. The maximum atomic E-state index is 11.7. The van der Waals surface area contributed by atoms with Crippen LogP contribution >= 0.6 is 0 Å². The molecule has 0 aromatic carbocycles. The average molecular weight is 232 g/mol. The molecule has 1 aliphatic heterocycles. The highest BCUT2D eigenvalue weighted by molar-refractivity contribution is 7.87. The zero-order chi connectivity index (χ0) is 10.9. The van der Waals surface area contributed by atoms with Crippen molar-refractivity contribution in [1.29, 1.82) is 0 Å². The fourth-order valence-corrected chi connectivity index (χ4v) is 3.52. The number of nitrogens with zero attached hydrogens (tertiary/aromatic N) is 2. The summed E-state index contributed by atoms with van der Waals surface area (Å²) in [4.78, 5) is 0. The third-order valence-electron chi connectivity index (χ3n) is 3.45. The summed E-state index contributed by atoms with van der Waals surface area (Å²) in [5.74, 6) is 0.761. The Hall–Kier alpha value is -0.130. The van der Waals surface area contributed by atoms with E-state index in [-0.39, 0.29) is 0 Å². The maximum absolute atomic E-state index is 11.7. The molecule has 4 nitrogen and oxygen atoms in total. The molecule has 0 unspecified atom stereocenters. The predicted octanol–water partition coefficient (Wildman–Crippen LogP) is 1.06. The van der Waals surface area contributed by atoms with Crippen molar-refractivity contribution in [2.75, 3.05) is 26.7 Å². The normalized spacial score (nSPS) is 23.9. The summed E-state index contributed by atoms with van der Waals surface area (Å²) in [6, 6.07) is 0. The van der Waals surface area contributed by atoms with Gasteiger partial charge in [0.1, 0.15) is 0 Å². The molecule has 0 spiro atoms. The molecule has 1 aliphatic carbocycles. The topological polar surface area (TPSA) is 40.4 Å². The minimum Gasteiger partial charge on any atom is -0.195 e. The molecule has 0 radical (unpaired) electrons. The van der Waals surface area contributed by atoms with Crippen LogP contribution in [0.1, 0.15) is 32.1 Å². The second kappa shape index (κ2) is 4.39. The van der Waals surface area contributed by atoms with Crippen LogP contribution in [0.15, 0.2) is 0 Å². The molecule has 1 heterocycles. The lowest BCUT2D eigenvalue weighted by Gasteiger charge is -2.19. The first-order valence-corrected chi connectivity index (χ1v) is 7.22. The molecule has 15 heavy (non-hydrogen) atoms. The molecule has 0 N–H and O–H groups in total. The van der Waals surface area contributed by atoms with Crippen LogP contribution < -0.4 is 0 Å². The van der Waals surface area contributed by atoms with Crippen molar-refractivity contribution in [1.82, 2.24) is 8.61 Å². The quantitative estimate of drug-likeness (QED) is 0.665. The fraction of sp³-hybridized carbons (Fsp3) is 1.00. The molecule has 0 amide bonds. The summed E-state index contributed by atoms with van der Waals surface area (Å²) >= 11 is 0. The van der Waals surface area contributed by atoms with Gasteiger partial charge in [-0.05, 0) is 12.3 Å². The Morgan fingerprint density at radius 3 is 2.40 bits per heavy atom. The van der Waals surface area contributed by atoms with Crippen LogP contribution in [0.3, 0.4) is 0 Å². The lowest BCUT2D eigenvalue weighted by Crippen LogP contribution is -2.33. The molecule has 2 rings (SSSR count). The number of hydrogen-bond acceptors (Lipinski definition) is 2. The summed E-state index contributed by atoms with van der Waals surface area (Å²) < 4.78 is 26.5. The first kappa shape index (κ1) is 11.4. The SMILES string of the molecule is CN(CCC1CCCC1)S(=O)(=O)N1CC1. The second-order valence-corrected chi connectivity index (χ2v) is 6.70. The molecule has 5 heteroatoms. The van der Waals surface area contributed by atoms with Gasteiger partial charge in [-0.1, -0.05) is 25.7 Å². The minimum absolute atomic E-state index is 0.684. The van der Waals surface area contributed by atoms with Crippen LogP contribution in [0.4, 0.5) is 0 Å². The smallest absolute Gasteiger partial charge is 0.195 e. The van der Waals surface area contributed by atoms with E-state index in [1.807, 2.05) is 0 Å². The van der Waals surface area contributed by atoms with Crippen molar-refractivity contribution in [2.24, 2.45) is 5.92 Å². The van der Waals surface area contributed by atoms with E-state index in [0.717, 1.165) is 12.3 Å². The molecule has 1 saturated carbocycles. The molecular formula is C10H20N2O2S. The molecule has 0 atom stereocenters. The van der Waals surface area contributed by atoms with Gasteiger partial charge in [-0.15, -0.1) is 0 Å². The zero-order valence-electron chi connectivity index (χ0n) is 9.35. The molecule has 0 aromatic rings. The van der Waals surface area contributed by atoms with Gasteiger partial charge in [0.15, 0.2) is 0 Å². The second-order valence-electron chi connectivity index (χ2n) is 4.67. The Labute approximate surface area is 92.4 Å². The fourth-order valence-electron chi connectivity index (χ4n) is 2.25. The lowest BCUT2D eigenvalue weighted by atomic mass is 10.0. The number of hydrogen-bond donors (Lipinski definition) is 0. The first-order valence-electron chi connectivity index (χ1n) is 5.82. The summed E-state index contributed by atoms with van der Waals surface area (Å²) in [7, 11) is -1.39. The van der Waals surface area contributed by atoms with Crippen molar-refractivity contribution >= 4 is 10.2 Å². The highest BCUT2D eigenvalue weighted by Crippen LogP contribution is 2.28. The van der Waals surface area contributed by atoms with E-state index >= 15 is 0 Å². The molecule has 88 valence electrons. The van der Waals surface area contributed by atoms with E-state index in [9.17, 15) is 8.42 Å². The third-order valence-corrected chi connectivity index (χ3v) is 5.44. The van der Waals surface area contributed by atoms with Gasteiger partial charge in [0.2, 0.25) is 0 Å². The largest absolute Gasteiger partial charge is 0.281 e. The minimum atomic E-state index is -3.09. The summed E-state index contributed by atoms with van der Waals surface area (Å²) in [5.41, 5.74) is 0. The van der Waals surface area contributed by atoms with Gasteiger partial charge in [-0.3, -0.25) is 0 Å². The van der Waals surface area contributed by atoms with Crippen LogP contribution in [0, 0.1) is 5.92 Å². The van der Waals surface area contributed by atoms with Crippen LogP contribution in [0.25, 0.3) is 0 Å². The predicted molar refractivity (Wildman–Crippen MR) is 59.7 cm³/mol. The van der Waals surface area contributed by atoms with Gasteiger partial charge < -0.3 is 0 Å². The zero-order valence-corrected chi connectivity index (χ0v) is 10.2.